The third-order valence-corrected chi connectivity index (χ3v) is 5.45. The van der Waals surface area contributed by atoms with Crippen LogP contribution in [0.4, 0.5) is 13.2 Å². The van der Waals surface area contributed by atoms with Crippen molar-refractivity contribution in [1.29, 1.82) is 0 Å². The minimum Gasteiger partial charge on any atom is -0.449 e. The third-order valence-electron chi connectivity index (χ3n) is 4.93. The van der Waals surface area contributed by atoms with Gasteiger partial charge in [0.15, 0.2) is 0 Å². The number of carbonyl (C=O) groups is 1. The SMILES string of the molecule is Cc1ccc(C)c(Oc2c(C(F)(F)F)oc3cc(OC(=O)c4ccc(Br)cc4)ccc3c2=O)c1. The monoisotopic (exact) mass is 532 g/mol. The molecule has 0 aliphatic rings. The number of esters is 1. The van der Waals surface area contributed by atoms with Crippen LogP contribution in [0.2, 0.25) is 0 Å². The smallest absolute Gasteiger partial charge is 0.449 e. The van der Waals surface area contributed by atoms with Crippen molar-refractivity contribution in [3.63, 3.8) is 0 Å². The van der Waals surface area contributed by atoms with Gasteiger partial charge in [0.1, 0.15) is 17.1 Å². The summed E-state index contributed by atoms with van der Waals surface area (Å²) in [4.78, 5) is 25.3. The van der Waals surface area contributed by atoms with Crippen LogP contribution >= 0.6 is 15.9 Å². The van der Waals surface area contributed by atoms with Gasteiger partial charge in [-0.3, -0.25) is 4.79 Å². The van der Waals surface area contributed by atoms with E-state index < -0.39 is 34.7 Å². The first-order chi connectivity index (χ1) is 16.0. The molecule has 5 nitrogen and oxygen atoms in total. The summed E-state index contributed by atoms with van der Waals surface area (Å²) in [5.41, 5.74) is 0.134. The van der Waals surface area contributed by atoms with E-state index in [0.717, 1.165) is 16.1 Å². The zero-order valence-corrected chi connectivity index (χ0v) is 19.4. The number of ether oxygens (including phenoxy) is 2. The molecule has 1 heterocycles. The molecule has 4 rings (SSSR count). The summed E-state index contributed by atoms with van der Waals surface area (Å²) in [7, 11) is 0. The molecule has 1 aromatic heterocycles. The first-order valence-corrected chi connectivity index (χ1v) is 10.7. The van der Waals surface area contributed by atoms with Gasteiger partial charge < -0.3 is 13.9 Å². The Labute approximate surface area is 199 Å². The molecule has 0 fully saturated rings. The molecule has 0 aliphatic heterocycles. The van der Waals surface area contributed by atoms with Gasteiger partial charge in [0.05, 0.1) is 10.9 Å². The lowest BCUT2D eigenvalue weighted by atomic mass is 10.1. The van der Waals surface area contributed by atoms with E-state index in [0.29, 0.717) is 5.56 Å². The van der Waals surface area contributed by atoms with Gasteiger partial charge in [-0.05, 0) is 67.4 Å². The van der Waals surface area contributed by atoms with Gasteiger partial charge in [-0.25, -0.2) is 4.79 Å². The van der Waals surface area contributed by atoms with Crippen molar-refractivity contribution in [3.8, 4) is 17.2 Å². The Morgan fingerprint density at radius 1 is 0.971 bits per heavy atom. The van der Waals surface area contributed by atoms with Crippen molar-refractivity contribution in [1.82, 2.24) is 0 Å². The summed E-state index contributed by atoms with van der Waals surface area (Å²) >= 11 is 3.26. The maximum absolute atomic E-state index is 13.8. The largest absolute Gasteiger partial charge is 0.453 e. The summed E-state index contributed by atoms with van der Waals surface area (Å²) in [6.45, 7) is 3.40. The second-order valence-electron chi connectivity index (χ2n) is 7.51. The Morgan fingerprint density at radius 3 is 2.35 bits per heavy atom. The first kappa shape index (κ1) is 23.6. The Bertz CT molecular complexity index is 1460. The summed E-state index contributed by atoms with van der Waals surface area (Å²) in [6.07, 6.45) is -5.01. The molecule has 0 atom stereocenters. The lowest BCUT2D eigenvalue weighted by molar-refractivity contribution is -0.154. The molecule has 0 saturated heterocycles. The number of carbonyl (C=O) groups excluding carboxylic acids is 1. The minimum atomic E-state index is -5.01. The van der Waals surface area contributed by atoms with Crippen LogP contribution in [0.1, 0.15) is 27.2 Å². The molecule has 0 aliphatic carbocycles. The molecule has 9 heteroatoms. The molecule has 0 amide bonds. The second-order valence-corrected chi connectivity index (χ2v) is 8.43. The third kappa shape index (κ3) is 4.84. The normalized spacial score (nSPS) is 11.5. The molecule has 0 unspecified atom stereocenters. The van der Waals surface area contributed by atoms with E-state index in [9.17, 15) is 22.8 Å². The van der Waals surface area contributed by atoms with Crippen molar-refractivity contribution in [2.45, 2.75) is 20.0 Å². The quantitative estimate of drug-likeness (QED) is 0.205. The zero-order chi connectivity index (χ0) is 24.6. The van der Waals surface area contributed by atoms with E-state index in [-0.39, 0.29) is 22.4 Å². The van der Waals surface area contributed by atoms with Crippen LogP contribution in [0, 0.1) is 13.8 Å². The van der Waals surface area contributed by atoms with Crippen LogP contribution in [0.25, 0.3) is 11.0 Å². The number of halogens is 4. The summed E-state index contributed by atoms with van der Waals surface area (Å²) in [5, 5.41) is -0.156. The fourth-order valence-electron chi connectivity index (χ4n) is 3.18. The van der Waals surface area contributed by atoms with Crippen LogP contribution < -0.4 is 14.9 Å². The van der Waals surface area contributed by atoms with Gasteiger partial charge >= 0.3 is 12.1 Å². The van der Waals surface area contributed by atoms with Crippen LogP contribution in [0.5, 0.6) is 17.2 Å². The Balaban J connectivity index is 1.77. The van der Waals surface area contributed by atoms with Gasteiger partial charge in [-0.1, -0.05) is 28.1 Å². The van der Waals surface area contributed by atoms with E-state index in [1.54, 1.807) is 38.1 Å². The van der Waals surface area contributed by atoms with Crippen LogP contribution in [-0.4, -0.2) is 5.97 Å². The fourth-order valence-corrected chi connectivity index (χ4v) is 3.44. The van der Waals surface area contributed by atoms with E-state index in [1.165, 1.54) is 30.3 Å². The van der Waals surface area contributed by atoms with Crippen molar-refractivity contribution < 1.29 is 31.9 Å². The van der Waals surface area contributed by atoms with Crippen molar-refractivity contribution in [2.24, 2.45) is 0 Å². The standard InChI is InChI=1S/C25H16BrF3O5/c1-13-3-4-14(2)19(11-13)33-22-21(30)18-10-9-17(12-20(18)34-23(22)25(27,28)29)32-24(31)15-5-7-16(26)8-6-15/h3-12H,1-2H3. The molecule has 0 spiro atoms. The molecule has 174 valence electrons. The van der Waals surface area contributed by atoms with Crippen molar-refractivity contribution >= 4 is 32.9 Å². The number of hydrogen-bond donors (Lipinski definition) is 0. The predicted molar refractivity (Wildman–Crippen MR) is 123 cm³/mol. The number of hydrogen-bond acceptors (Lipinski definition) is 5. The average molecular weight is 533 g/mol. The maximum Gasteiger partial charge on any atom is 0.453 e. The van der Waals surface area contributed by atoms with E-state index in [4.69, 9.17) is 13.9 Å². The number of benzene rings is 3. The van der Waals surface area contributed by atoms with E-state index >= 15 is 0 Å². The molecule has 0 saturated carbocycles. The molecular formula is C25H16BrF3O5. The lowest BCUT2D eigenvalue weighted by Crippen LogP contribution is -2.16. The van der Waals surface area contributed by atoms with Crippen molar-refractivity contribution in [2.75, 3.05) is 0 Å². The Hall–Kier alpha value is -3.59. The summed E-state index contributed by atoms with van der Waals surface area (Å²) in [5.74, 6) is -3.24. The average Bonchev–Trinajstić information content (AvgIpc) is 2.77. The minimum absolute atomic E-state index is 0.0834. The highest BCUT2D eigenvalue weighted by molar-refractivity contribution is 9.10. The summed E-state index contributed by atoms with van der Waals surface area (Å²) < 4.78 is 57.9. The molecule has 0 bridgehead atoms. The molecule has 34 heavy (non-hydrogen) atoms. The second kappa shape index (κ2) is 8.98. The topological polar surface area (TPSA) is 65.7 Å². The molecule has 3 aromatic carbocycles. The Kier molecular flexibility index (Phi) is 6.22. The van der Waals surface area contributed by atoms with Gasteiger partial charge in [0.2, 0.25) is 11.2 Å². The highest BCUT2D eigenvalue weighted by atomic mass is 79.9. The summed E-state index contributed by atoms with van der Waals surface area (Å²) in [6, 6.07) is 14.9. The first-order valence-electron chi connectivity index (χ1n) is 9.94. The van der Waals surface area contributed by atoms with Gasteiger partial charge in [0.25, 0.3) is 5.76 Å². The molecule has 4 aromatic rings. The highest BCUT2D eigenvalue weighted by Gasteiger charge is 2.40. The van der Waals surface area contributed by atoms with Crippen molar-refractivity contribution in [3.05, 3.63) is 97.8 Å². The number of aryl methyl sites for hydroxylation is 2. The van der Waals surface area contributed by atoms with Crippen LogP contribution in [-0.2, 0) is 6.18 Å². The molecular weight excluding hydrogens is 517 g/mol. The zero-order valence-electron chi connectivity index (χ0n) is 17.8. The molecule has 0 radical (unpaired) electrons. The molecule has 0 N–H and O–H groups in total. The number of fused-ring (bicyclic) bond motifs is 1. The van der Waals surface area contributed by atoms with Crippen LogP contribution in [0.3, 0.4) is 0 Å². The van der Waals surface area contributed by atoms with Gasteiger partial charge in [-0.15, -0.1) is 0 Å². The van der Waals surface area contributed by atoms with E-state index in [1.807, 2.05) is 0 Å². The van der Waals surface area contributed by atoms with Gasteiger partial charge in [0, 0.05) is 10.5 Å². The van der Waals surface area contributed by atoms with E-state index in [2.05, 4.69) is 15.9 Å². The Morgan fingerprint density at radius 2 is 1.68 bits per heavy atom. The predicted octanol–water partition coefficient (Wildman–Crippen LogP) is 7.20. The maximum atomic E-state index is 13.8. The number of rotatable bonds is 4. The highest BCUT2D eigenvalue weighted by Crippen LogP contribution is 2.39. The lowest BCUT2D eigenvalue weighted by Gasteiger charge is -2.15. The fraction of sp³-hybridized carbons (Fsp3) is 0.120. The number of alkyl halides is 3. The van der Waals surface area contributed by atoms with Crippen LogP contribution in [0.15, 0.2) is 74.3 Å². The van der Waals surface area contributed by atoms with Gasteiger partial charge in [-0.2, -0.15) is 13.2 Å².